The van der Waals surface area contributed by atoms with Gasteiger partial charge in [-0.25, -0.2) is 10.8 Å². The van der Waals surface area contributed by atoms with Crippen LogP contribution in [0.1, 0.15) is 5.56 Å². The number of nitro groups is 1. The number of para-hydroxylation sites is 1. The summed E-state index contributed by atoms with van der Waals surface area (Å²) in [5, 5.41) is 10.9. The molecule has 2 aromatic rings. The first-order valence-electron chi connectivity index (χ1n) is 5.33. The summed E-state index contributed by atoms with van der Waals surface area (Å²) in [4.78, 5) is 18.2. The maximum absolute atomic E-state index is 10.9. The third kappa shape index (κ3) is 2.75. The van der Waals surface area contributed by atoms with Crippen LogP contribution < -0.4 is 16.0 Å². The van der Waals surface area contributed by atoms with Crippen LogP contribution in [0, 0.1) is 17.0 Å². The van der Waals surface area contributed by atoms with Crippen molar-refractivity contribution in [1.82, 2.24) is 9.97 Å². The Kier molecular flexibility index (Phi) is 3.53. The van der Waals surface area contributed by atoms with Gasteiger partial charge in [0.1, 0.15) is 0 Å². The average molecular weight is 261 g/mol. The van der Waals surface area contributed by atoms with Crippen molar-refractivity contribution in [2.75, 3.05) is 5.43 Å². The summed E-state index contributed by atoms with van der Waals surface area (Å²) in [7, 11) is 0. The fourth-order valence-corrected chi connectivity index (χ4v) is 1.49. The molecule has 1 aromatic heterocycles. The smallest absolute Gasteiger partial charge is 0.311 e. The number of ether oxygens (including phenoxy) is 1. The van der Waals surface area contributed by atoms with Crippen LogP contribution in [0.2, 0.25) is 0 Å². The molecule has 8 heteroatoms. The van der Waals surface area contributed by atoms with E-state index in [0.29, 0.717) is 5.56 Å². The first-order chi connectivity index (χ1) is 9.11. The van der Waals surface area contributed by atoms with Gasteiger partial charge in [-0.1, -0.05) is 12.1 Å². The average Bonchev–Trinajstić information content (AvgIpc) is 2.41. The number of nitrogens with zero attached hydrogens (tertiary/aromatic N) is 3. The van der Waals surface area contributed by atoms with Crippen LogP contribution >= 0.6 is 0 Å². The number of anilines is 1. The Bertz CT molecular complexity index is 617. The second-order valence-corrected chi connectivity index (χ2v) is 3.65. The predicted molar refractivity (Wildman–Crippen MR) is 67.7 cm³/mol. The molecule has 1 heterocycles. The molecule has 0 unspecified atom stereocenters. The number of hydrogen-bond acceptors (Lipinski definition) is 7. The third-order valence-electron chi connectivity index (χ3n) is 2.35. The molecule has 0 saturated carbocycles. The molecule has 0 spiro atoms. The van der Waals surface area contributed by atoms with Gasteiger partial charge < -0.3 is 4.74 Å². The molecule has 3 N–H and O–H groups in total. The first kappa shape index (κ1) is 12.7. The standard InChI is InChI=1S/C11H11N5O3/c1-7-3-2-4-8(16(17)18)10(7)19-9-5-6-13-11(14-9)15-12/h2-6H,12H2,1H3,(H,13,14,15). The van der Waals surface area contributed by atoms with Crippen molar-refractivity contribution in [3.63, 3.8) is 0 Å². The number of aromatic nitrogens is 2. The van der Waals surface area contributed by atoms with Crippen molar-refractivity contribution in [1.29, 1.82) is 0 Å². The summed E-state index contributed by atoms with van der Waals surface area (Å²) in [6.45, 7) is 1.71. The van der Waals surface area contributed by atoms with Gasteiger partial charge in [0.2, 0.25) is 17.6 Å². The van der Waals surface area contributed by atoms with Gasteiger partial charge in [-0.3, -0.25) is 15.5 Å². The largest absolute Gasteiger partial charge is 0.431 e. The fraction of sp³-hybridized carbons (Fsp3) is 0.0909. The van der Waals surface area contributed by atoms with Crippen molar-refractivity contribution in [3.8, 4) is 11.6 Å². The Morgan fingerprint density at radius 1 is 1.42 bits per heavy atom. The topological polar surface area (TPSA) is 116 Å². The molecule has 2 rings (SSSR count). The zero-order valence-corrected chi connectivity index (χ0v) is 10.0. The number of nitrogens with one attached hydrogen (secondary N) is 1. The lowest BCUT2D eigenvalue weighted by Gasteiger charge is -2.08. The molecule has 0 aliphatic rings. The lowest BCUT2D eigenvalue weighted by atomic mass is 10.2. The first-order valence-corrected chi connectivity index (χ1v) is 5.33. The molecule has 0 fully saturated rings. The summed E-state index contributed by atoms with van der Waals surface area (Å²) in [6, 6.07) is 6.15. The molecular weight excluding hydrogens is 250 g/mol. The molecule has 0 aliphatic heterocycles. The minimum Gasteiger partial charge on any atom is -0.431 e. The highest BCUT2D eigenvalue weighted by molar-refractivity contribution is 5.52. The summed E-state index contributed by atoms with van der Waals surface area (Å²) in [5.41, 5.74) is 2.78. The Labute approximate surface area is 108 Å². The lowest BCUT2D eigenvalue weighted by Crippen LogP contribution is -2.10. The second kappa shape index (κ2) is 5.27. The van der Waals surface area contributed by atoms with Crippen molar-refractivity contribution < 1.29 is 9.66 Å². The van der Waals surface area contributed by atoms with E-state index >= 15 is 0 Å². The Morgan fingerprint density at radius 3 is 2.89 bits per heavy atom. The third-order valence-corrected chi connectivity index (χ3v) is 2.35. The monoisotopic (exact) mass is 261 g/mol. The van der Waals surface area contributed by atoms with Gasteiger partial charge in [-0.15, -0.1) is 0 Å². The van der Waals surface area contributed by atoms with Crippen molar-refractivity contribution in [2.45, 2.75) is 6.92 Å². The van der Waals surface area contributed by atoms with E-state index in [0.717, 1.165) is 0 Å². The van der Waals surface area contributed by atoms with E-state index in [1.807, 2.05) is 0 Å². The zero-order valence-electron chi connectivity index (χ0n) is 10.0. The maximum atomic E-state index is 10.9. The van der Waals surface area contributed by atoms with Gasteiger partial charge in [-0.05, 0) is 12.5 Å². The highest BCUT2D eigenvalue weighted by Gasteiger charge is 2.18. The van der Waals surface area contributed by atoms with Crippen LogP contribution in [-0.2, 0) is 0 Å². The minimum absolute atomic E-state index is 0.124. The number of rotatable bonds is 4. The quantitative estimate of drug-likeness (QED) is 0.489. The molecule has 0 saturated heterocycles. The highest BCUT2D eigenvalue weighted by atomic mass is 16.6. The number of benzene rings is 1. The zero-order chi connectivity index (χ0) is 13.8. The summed E-state index contributed by atoms with van der Waals surface area (Å²) in [5.74, 6) is 5.66. The number of nitrogen functional groups attached to an aromatic ring is 1. The van der Waals surface area contributed by atoms with Gasteiger partial charge >= 0.3 is 5.69 Å². The van der Waals surface area contributed by atoms with E-state index < -0.39 is 4.92 Å². The molecule has 0 amide bonds. The number of hydrazine groups is 1. The van der Waals surface area contributed by atoms with E-state index in [-0.39, 0.29) is 23.3 Å². The summed E-state index contributed by atoms with van der Waals surface area (Å²) in [6.07, 6.45) is 1.43. The van der Waals surface area contributed by atoms with E-state index in [1.54, 1.807) is 19.1 Å². The number of hydrogen-bond donors (Lipinski definition) is 2. The van der Waals surface area contributed by atoms with Crippen molar-refractivity contribution >= 4 is 11.6 Å². The van der Waals surface area contributed by atoms with Crippen LogP contribution in [0.25, 0.3) is 0 Å². The van der Waals surface area contributed by atoms with E-state index in [4.69, 9.17) is 10.6 Å². The van der Waals surface area contributed by atoms with Crippen molar-refractivity contribution in [3.05, 3.63) is 46.1 Å². The van der Waals surface area contributed by atoms with Crippen molar-refractivity contribution in [2.24, 2.45) is 5.84 Å². The molecule has 0 atom stereocenters. The molecule has 0 aliphatic carbocycles. The molecule has 19 heavy (non-hydrogen) atoms. The van der Waals surface area contributed by atoms with E-state index in [9.17, 15) is 10.1 Å². The van der Waals surface area contributed by atoms with Crippen LogP contribution in [-0.4, -0.2) is 14.9 Å². The van der Waals surface area contributed by atoms with Gasteiger partial charge in [0.05, 0.1) is 4.92 Å². The van der Waals surface area contributed by atoms with Gasteiger partial charge in [0.15, 0.2) is 0 Å². The minimum atomic E-state index is -0.508. The van der Waals surface area contributed by atoms with Crippen LogP contribution in [0.5, 0.6) is 11.6 Å². The Hall–Kier alpha value is -2.74. The molecule has 0 bridgehead atoms. The number of aryl methyl sites for hydroxylation is 1. The highest BCUT2D eigenvalue weighted by Crippen LogP contribution is 2.33. The molecule has 0 radical (unpaired) electrons. The molecule has 8 nitrogen and oxygen atoms in total. The maximum Gasteiger partial charge on any atom is 0.311 e. The summed E-state index contributed by atoms with van der Waals surface area (Å²) < 4.78 is 5.46. The summed E-state index contributed by atoms with van der Waals surface area (Å²) >= 11 is 0. The SMILES string of the molecule is Cc1cccc([N+](=O)[O-])c1Oc1ccnc(NN)n1. The van der Waals surface area contributed by atoms with Crippen LogP contribution in [0.15, 0.2) is 30.5 Å². The molecule has 98 valence electrons. The van der Waals surface area contributed by atoms with E-state index in [1.165, 1.54) is 18.3 Å². The number of nitrogens with two attached hydrogens (primary N) is 1. The van der Waals surface area contributed by atoms with Crippen LogP contribution in [0.4, 0.5) is 11.6 Å². The molecule has 1 aromatic carbocycles. The second-order valence-electron chi connectivity index (χ2n) is 3.65. The lowest BCUT2D eigenvalue weighted by molar-refractivity contribution is -0.385. The normalized spacial score (nSPS) is 10.0. The fourth-order valence-electron chi connectivity index (χ4n) is 1.49. The Morgan fingerprint density at radius 2 is 2.21 bits per heavy atom. The Balaban J connectivity index is 2.40. The van der Waals surface area contributed by atoms with Crippen LogP contribution in [0.3, 0.4) is 0 Å². The van der Waals surface area contributed by atoms with E-state index in [2.05, 4.69) is 15.4 Å². The molecular formula is C11H11N5O3. The van der Waals surface area contributed by atoms with Gasteiger partial charge in [0, 0.05) is 18.3 Å². The predicted octanol–water partition coefficient (Wildman–Crippen LogP) is 1.77. The number of nitro benzene ring substituents is 1. The van der Waals surface area contributed by atoms with Gasteiger partial charge in [0.25, 0.3) is 0 Å². The van der Waals surface area contributed by atoms with Gasteiger partial charge in [-0.2, -0.15) is 4.98 Å².